The number of non-ortho nitro benzene ring substituents is 1. The zero-order chi connectivity index (χ0) is 17.4. The molecule has 8 nitrogen and oxygen atoms in total. The van der Waals surface area contributed by atoms with Gasteiger partial charge in [-0.1, -0.05) is 0 Å². The Morgan fingerprint density at radius 1 is 1.25 bits per heavy atom. The van der Waals surface area contributed by atoms with Gasteiger partial charge in [0.2, 0.25) is 0 Å². The molecule has 2 rings (SSSR count). The van der Waals surface area contributed by atoms with E-state index in [1.807, 2.05) is 19.2 Å². The number of benzene rings is 1. The molecule has 3 N–H and O–H groups in total. The SMILES string of the molecule is C[NH+](CC(=O)NCCNc1ccc([N+](=O)[O-])cc1)Cc1ccco1. The van der Waals surface area contributed by atoms with Crippen LogP contribution in [0.4, 0.5) is 11.4 Å². The summed E-state index contributed by atoms with van der Waals surface area (Å²) < 4.78 is 5.25. The highest BCUT2D eigenvalue weighted by Crippen LogP contribution is 2.14. The lowest BCUT2D eigenvalue weighted by atomic mass is 10.3. The third kappa shape index (κ3) is 5.73. The summed E-state index contributed by atoms with van der Waals surface area (Å²) in [6, 6.07) is 9.87. The van der Waals surface area contributed by atoms with Crippen LogP contribution in [0.1, 0.15) is 5.76 Å². The van der Waals surface area contributed by atoms with Crippen molar-refractivity contribution in [2.75, 3.05) is 32.0 Å². The van der Waals surface area contributed by atoms with Crippen LogP contribution in [-0.4, -0.2) is 37.5 Å². The molecule has 0 aliphatic carbocycles. The molecule has 0 aliphatic rings. The van der Waals surface area contributed by atoms with Gasteiger partial charge in [0.05, 0.1) is 18.2 Å². The summed E-state index contributed by atoms with van der Waals surface area (Å²) in [4.78, 5) is 23.0. The fourth-order valence-corrected chi connectivity index (χ4v) is 2.22. The van der Waals surface area contributed by atoms with Crippen LogP contribution >= 0.6 is 0 Å². The largest absolute Gasteiger partial charge is 0.463 e. The second kappa shape index (κ2) is 8.68. The maximum atomic E-state index is 11.8. The minimum atomic E-state index is -0.439. The second-order valence-corrected chi connectivity index (χ2v) is 5.47. The van der Waals surface area contributed by atoms with Crippen molar-refractivity contribution in [2.24, 2.45) is 0 Å². The van der Waals surface area contributed by atoms with Gasteiger partial charge in [-0.2, -0.15) is 0 Å². The van der Waals surface area contributed by atoms with Crippen molar-refractivity contribution in [1.29, 1.82) is 0 Å². The molecule has 1 heterocycles. The van der Waals surface area contributed by atoms with Crippen molar-refractivity contribution in [2.45, 2.75) is 6.54 Å². The van der Waals surface area contributed by atoms with Gasteiger partial charge in [0.1, 0.15) is 6.54 Å². The Morgan fingerprint density at radius 2 is 2.00 bits per heavy atom. The predicted octanol–water partition coefficient (Wildman–Crippen LogP) is 0.431. The van der Waals surface area contributed by atoms with E-state index in [1.165, 1.54) is 12.1 Å². The summed E-state index contributed by atoms with van der Waals surface area (Å²) >= 11 is 0. The van der Waals surface area contributed by atoms with E-state index in [0.29, 0.717) is 26.2 Å². The molecule has 0 bridgehead atoms. The Labute approximate surface area is 139 Å². The number of likely N-dealkylation sites (N-methyl/N-ethyl adjacent to an activating group) is 1. The maximum absolute atomic E-state index is 11.8. The van der Waals surface area contributed by atoms with Gasteiger partial charge in [0.25, 0.3) is 11.6 Å². The standard InChI is InChI=1S/C16H20N4O4/c1-19(11-15-3-2-10-24-15)12-16(21)18-9-8-17-13-4-6-14(7-5-13)20(22)23/h2-7,10,17H,8-9,11-12H2,1H3,(H,18,21)/p+1. The van der Waals surface area contributed by atoms with Crippen LogP contribution in [0.25, 0.3) is 0 Å². The van der Waals surface area contributed by atoms with Crippen LogP contribution in [0.2, 0.25) is 0 Å². The topological polar surface area (TPSA) is 102 Å². The van der Waals surface area contributed by atoms with Crippen LogP contribution in [0.15, 0.2) is 47.1 Å². The zero-order valence-corrected chi connectivity index (χ0v) is 13.5. The fourth-order valence-electron chi connectivity index (χ4n) is 2.22. The number of nitro benzene ring substituents is 1. The summed E-state index contributed by atoms with van der Waals surface area (Å²) in [5.74, 6) is 0.810. The van der Waals surface area contributed by atoms with Crippen molar-refractivity contribution in [1.82, 2.24) is 5.32 Å². The van der Waals surface area contributed by atoms with Gasteiger partial charge in [-0.25, -0.2) is 0 Å². The normalized spacial score (nSPS) is 11.7. The zero-order valence-electron chi connectivity index (χ0n) is 13.5. The first kappa shape index (κ1) is 17.5. The number of hydrogen-bond acceptors (Lipinski definition) is 5. The lowest BCUT2D eigenvalue weighted by Gasteiger charge is -2.13. The molecule has 1 aromatic heterocycles. The molecule has 1 amide bonds. The minimum absolute atomic E-state index is 0.0374. The van der Waals surface area contributed by atoms with Crippen LogP contribution < -0.4 is 15.5 Å². The summed E-state index contributed by atoms with van der Waals surface area (Å²) in [5, 5.41) is 16.5. The third-order valence-corrected chi connectivity index (χ3v) is 3.37. The molecule has 24 heavy (non-hydrogen) atoms. The van der Waals surface area contributed by atoms with Crippen LogP contribution in [0, 0.1) is 10.1 Å². The van der Waals surface area contributed by atoms with E-state index in [0.717, 1.165) is 16.3 Å². The molecule has 128 valence electrons. The molecule has 1 aromatic carbocycles. The summed E-state index contributed by atoms with van der Waals surface area (Å²) in [7, 11) is 1.93. The van der Waals surface area contributed by atoms with Gasteiger partial charge in [-0.05, 0) is 24.3 Å². The highest BCUT2D eigenvalue weighted by atomic mass is 16.6. The average Bonchev–Trinajstić information content (AvgIpc) is 3.04. The summed E-state index contributed by atoms with van der Waals surface area (Å²) in [6.45, 7) is 2.03. The first-order valence-electron chi connectivity index (χ1n) is 7.63. The first-order valence-corrected chi connectivity index (χ1v) is 7.63. The van der Waals surface area contributed by atoms with E-state index >= 15 is 0 Å². The Bertz CT molecular complexity index is 655. The number of nitrogens with zero attached hydrogens (tertiary/aromatic N) is 1. The van der Waals surface area contributed by atoms with Gasteiger partial charge in [0, 0.05) is 30.9 Å². The average molecular weight is 333 g/mol. The predicted molar refractivity (Wildman–Crippen MR) is 88.8 cm³/mol. The lowest BCUT2D eigenvalue weighted by Crippen LogP contribution is -3.08. The van der Waals surface area contributed by atoms with Gasteiger partial charge in [0.15, 0.2) is 12.3 Å². The number of quaternary nitrogens is 1. The molecule has 0 fully saturated rings. The third-order valence-electron chi connectivity index (χ3n) is 3.37. The second-order valence-electron chi connectivity index (χ2n) is 5.47. The molecule has 2 aromatic rings. The number of hydrogen-bond donors (Lipinski definition) is 3. The highest BCUT2D eigenvalue weighted by molar-refractivity contribution is 5.76. The Balaban J connectivity index is 1.62. The molecule has 0 radical (unpaired) electrons. The monoisotopic (exact) mass is 333 g/mol. The Hall–Kier alpha value is -2.87. The first-order chi connectivity index (χ1) is 11.5. The molecule has 8 heteroatoms. The van der Waals surface area contributed by atoms with Crippen molar-refractivity contribution in [3.63, 3.8) is 0 Å². The number of carbonyl (C=O) groups excluding carboxylic acids is 1. The molecular weight excluding hydrogens is 312 g/mol. The Morgan fingerprint density at radius 3 is 2.62 bits per heavy atom. The summed E-state index contributed by atoms with van der Waals surface area (Å²) in [5.41, 5.74) is 0.826. The van der Waals surface area contributed by atoms with E-state index in [4.69, 9.17) is 4.42 Å². The van der Waals surface area contributed by atoms with Gasteiger partial charge in [-0.15, -0.1) is 0 Å². The molecule has 0 saturated heterocycles. The number of furan rings is 1. The fraction of sp³-hybridized carbons (Fsp3) is 0.312. The van der Waals surface area contributed by atoms with Crippen molar-refractivity contribution in [3.8, 4) is 0 Å². The lowest BCUT2D eigenvalue weighted by molar-refractivity contribution is -0.886. The number of carbonyl (C=O) groups is 1. The van der Waals surface area contributed by atoms with E-state index in [2.05, 4.69) is 10.6 Å². The van der Waals surface area contributed by atoms with E-state index in [9.17, 15) is 14.9 Å². The van der Waals surface area contributed by atoms with Crippen molar-refractivity contribution in [3.05, 3.63) is 58.5 Å². The van der Waals surface area contributed by atoms with Crippen molar-refractivity contribution >= 4 is 17.3 Å². The minimum Gasteiger partial charge on any atom is -0.463 e. The molecule has 0 aliphatic heterocycles. The van der Waals surface area contributed by atoms with E-state index < -0.39 is 4.92 Å². The van der Waals surface area contributed by atoms with Gasteiger partial charge < -0.3 is 20.0 Å². The molecule has 0 spiro atoms. The van der Waals surface area contributed by atoms with Crippen LogP contribution in [-0.2, 0) is 11.3 Å². The quantitative estimate of drug-likeness (QED) is 0.351. The molecular formula is C16H21N4O4+. The van der Waals surface area contributed by atoms with Gasteiger partial charge >= 0.3 is 0 Å². The molecule has 0 saturated carbocycles. The number of amides is 1. The Kier molecular flexibility index (Phi) is 6.32. The maximum Gasteiger partial charge on any atom is 0.275 e. The van der Waals surface area contributed by atoms with E-state index in [-0.39, 0.29) is 11.6 Å². The molecule has 1 atom stereocenters. The number of nitro groups is 1. The number of anilines is 1. The molecule has 1 unspecified atom stereocenters. The van der Waals surface area contributed by atoms with E-state index in [1.54, 1.807) is 18.4 Å². The van der Waals surface area contributed by atoms with Crippen molar-refractivity contribution < 1.29 is 19.0 Å². The smallest absolute Gasteiger partial charge is 0.275 e. The number of rotatable bonds is 9. The summed E-state index contributed by atoms with van der Waals surface area (Å²) in [6.07, 6.45) is 1.62. The van der Waals surface area contributed by atoms with Crippen LogP contribution in [0.3, 0.4) is 0 Å². The van der Waals surface area contributed by atoms with Gasteiger partial charge in [-0.3, -0.25) is 14.9 Å². The number of nitrogens with one attached hydrogen (secondary N) is 3. The highest BCUT2D eigenvalue weighted by Gasteiger charge is 2.11. The van der Waals surface area contributed by atoms with Crippen LogP contribution in [0.5, 0.6) is 0 Å².